The molecule has 7 heteroatoms. The van der Waals surface area contributed by atoms with Gasteiger partial charge in [-0.2, -0.15) is 0 Å². The zero-order valence-electron chi connectivity index (χ0n) is 7.11. The van der Waals surface area contributed by atoms with E-state index in [9.17, 15) is 14.4 Å². The molecule has 0 spiro atoms. The van der Waals surface area contributed by atoms with Crippen molar-refractivity contribution in [3.05, 3.63) is 32.6 Å². The van der Waals surface area contributed by atoms with E-state index in [0.717, 1.165) is 6.07 Å². The van der Waals surface area contributed by atoms with Crippen LogP contribution in [0.25, 0.3) is 0 Å². The van der Waals surface area contributed by atoms with E-state index < -0.39 is 23.3 Å². The molecule has 0 bridgehead atoms. The van der Waals surface area contributed by atoms with Gasteiger partial charge in [-0.1, -0.05) is 0 Å². The molecule has 0 aliphatic carbocycles. The number of aromatic nitrogens is 2. The van der Waals surface area contributed by atoms with E-state index in [0.29, 0.717) is 0 Å². The predicted octanol–water partition coefficient (Wildman–Crippen LogP) is -1.98. The fourth-order valence-corrected chi connectivity index (χ4v) is 0.954. The normalized spacial score (nSPS) is 12.4. The smallest absolute Gasteiger partial charge is 0.325 e. The van der Waals surface area contributed by atoms with Crippen LogP contribution in [-0.2, 0) is 11.2 Å². The van der Waals surface area contributed by atoms with Crippen LogP contribution in [0.5, 0.6) is 0 Å². The summed E-state index contributed by atoms with van der Waals surface area (Å²) in [5.74, 6) is -1.19. The summed E-state index contributed by atoms with van der Waals surface area (Å²) < 4.78 is 0. The van der Waals surface area contributed by atoms with Crippen LogP contribution in [0.15, 0.2) is 15.7 Å². The van der Waals surface area contributed by atoms with Crippen LogP contribution in [0.2, 0.25) is 0 Å². The highest BCUT2D eigenvalue weighted by molar-refractivity contribution is 5.73. The molecular weight excluding hydrogens is 190 g/mol. The molecule has 0 aliphatic rings. The van der Waals surface area contributed by atoms with Crippen molar-refractivity contribution in [3.8, 4) is 0 Å². The van der Waals surface area contributed by atoms with Gasteiger partial charge in [-0.3, -0.25) is 14.6 Å². The minimum atomic E-state index is -1.19. The molecule has 76 valence electrons. The van der Waals surface area contributed by atoms with Gasteiger partial charge < -0.3 is 15.8 Å². The molecule has 1 aromatic heterocycles. The molecule has 0 fully saturated rings. The van der Waals surface area contributed by atoms with Gasteiger partial charge in [-0.15, -0.1) is 0 Å². The number of aliphatic carboxylic acids is 1. The number of hydrogen-bond acceptors (Lipinski definition) is 4. The highest BCUT2D eigenvalue weighted by atomic mass is 16.4. The highest BCUT2D eigenvalue weighted by Gasteiger charge is 2.12. The first kappa shape index (κ1) is 10.2. The van der Waals surface area contributed by atoms with Crippen molar-refractivity contribution in [3.63, 3.8) is 0 Å². The second-order valence-electron chi connectivity index (χ2n) is 2.76. The van der Waals surface area contributed by atoms with Crippen LogP contribution in [0.1, 0.15) is 5.69 Å². The first-order valence-electron chi connectivity index (χ1n) is 3.80. The van der Waals surface area contributed by atoms with Gasteiger partial charge in [0.05, 0.1) is 0 Å². The standard InChI is InChI=1S/C7H9N3O4/c8-4(6(12)13)1-3-2-5(11)10-7(14)9-3/h2,4H,1,8H2,(H,12,13)(H2,9,10,11,14)/t4-/m1/s1. The molecule has 1 atom stereocenters. The molecular formula is C7H9N3O4. The van der Waals surface area contributed by atoms with Gasteiger partial charge in [0, 0.05) is 18.2 Å². The quantitative estimate of drug-likeness (QED) is 0.448. The highest BCUT2D eigenvalue weighted by Crippen LogP contribution is 1.92. The second-order valence-corrected chi connectivity index (χ2v) is 2.76. The Labute approximate surface area is 77.6 Å². The molecule has 0 unspecified atom stereocenters. The predicted molar refractivity (Wildman–Crippen MR) is 47.0 cm³/mol. The number of H-pyrrole nitrogens is 2. The van der Waals surface area contributed by atoms with Crippen molar-refractivity contribution < 1.29 is 9.90 Å². The molecule has 0 amide bonds. The Balaban J connectivity index is 2.92. The van der Waals surface area contributed by atoms with Gasteiger partial charge in [0.2, 0.25) is 0 Å². The SMILES string of the molecule is N[C@H](Cc1cc(=O)[nH]c(=O)[nH]1)C(=O)O. The van der Waals surface area contributed by atoms with Crippen molar-refractivity contribution in [2.75, 3.05) is 0 Å². The van der Waals surface area contributed by atoms with Crippen molar-refractivity contribution in [1.82, 2.24) is 9.97 Å². The summed E-state index contributed by atoms with van der Waals surface area (Å²) in [6, 6.07) is -0.0306. The molecule has 1 rings (SSSR count). The number of carboxylic acids is 1. The van der Waals surface area contributed by atoms with E-state index in [2.05, 4.69) is 4.98 Å². The monoisotopic (exact) mass is 199 g/mol. The first-order chi connectivity index (χ1) is 6.49. The van der Waals surface area contributed by atoms with Gasteiger partial charge >= 0.3 is 11.7 Å². The minimum absolute atomic E-state index is 0.0888. The Bertz CT molecular complexity index is 418. The fraction of sp³-hybridized carbons (Fsp3) is 0.286. The topological polar surface area (TPSA) is 129 Å². The van der Waals surface area contributed by atoms with E-state index in [1.165, 1.54) is 0 Å². The maximum Gasteiger partial charge on any atom is 0.325 e. The van der Waals surface area contributed by atoms with Gasteiger partial charge in [0.15, 0.2) is 0 Å². The largest absolute Gasteiger partial charge is 0.480 e. The average molecular weight is 199 g/mol. The summed E-state index contributed by atoms with van der Waals surface area (Å²) in [4.78, 5) is 36.2. The molecule has 1 heterocycles. The van der Waals surface area contributed by atoms with Gasteiger partial charge in [0.25, 0.3) is 5.56 Å². The molecule has 0 aromatic carbocycles. The Morgan fingerprint density at radius 1 is 1.50 bits per heavy atom. The number of carboxylic acid groups (broad SMARTS) is 1. The maximum atomic E-state index is 10.8. The first-order valence-corrected chi connectivity index (χ1v) is 3.80. The minimum Gasteiger partial charge on any atom is -0.480 e. The number of rotatable bonds is 3. The Kier molecular flexibility index (Phi) is 2.82. The molecule has 1 aromatic rings. The van der Waals surface area contributed by atoms with Gasteiger partial charge in [-0.05, 0) is 0 Å². The summed E-state index contributed by atoms with van der Waals surface area (Å²) in [7, 11) is 0. The zero-order valence-corrected chi connectivity index (χ0v) is 7.11. The van der Waals surface area contributed by atoms with Crippen molar-refractivity contribution >= 4 is 5.97 Å². The lowest BCUT2D eigenvalue weighted by molar-refractivity contribution is -0.138. The lowest BCUT2D eigenvalue weighted by atomic mass is 10.2. The summed E-state index contributed by atoms with van der Waals surface area (Å²) >= 11 is 0. The second kappa shape index (κ2) is 3.88. The molecule has 7 nitrogen and oxygen atoms in total. The third-order valence-corrected chi connectivity index (χ3v) is 1.57. The molecule has 5 N–H and O–H groups in total. The number of carbonyl (C=O) groups is 1. The molecule has 0 radical (unpaired) electrons. The van der Waals surface area contributed by atoms with Gasteiger partial charge in [0.1, 0.15) is 6.04 Å². The van der Waals surface area contributed by atoms with Crippen LogP contribution in [0.4, 0.5) is 0 Å². The number of nitrogens with one attached hydrogen (secondary N) is 2. The lowest BCUT2D eigenvalue weighted by Gasteiger charge is -2.04. The van der Waals surface area contributed by atoms with E-state index in [1.807, 2.05) is 4.98 Å². The summed E-state index contributed by atoms with van der Waals surface area (Å²) in [5, 5.41) is 8.48. The van der Waals surface area contributed by atoms with E-state index in [-0.39, 0.29) is 12.1 Å². The maximum absolute atomic E-state index is 10.8. The van der Waals surface area contributed by atoms with Crippen LogP contribution in [0.3, 0.4) is 0 Å². The Morgan fingerprint density at radius 3 is 2.64 bits per heavy atom. The Morgan fingerprint density at radius 2 is 2.14 bits per heavy atom. The van der Waals surface area contributed by atoms with Crippen LogP contribution in [0, 0.1) is 0 Å². The van der Waals surface area contributed by atoms with Crippen LogP contribution >= 0.6 is 0 Å². The van der Waals surface area contributed by atoms with Crippen LogP contribution < -0.4 is 17.0 Å². The molecule has 0 saturated carbocycles. The number of hydrogen-bond donors (Lipinski definition) is 4. The van der Waals surface area contributed by atoms with Crippen molar-refractivity contribution in [2.45, 2.75) is 12.5 Å². The number of nitrogens with two attached hydrogens (primary N) is 1. The zero-order chi connectivity index (χ0) is 10.7. The van der Waals surface area contributed by atoms with Crippen molar-refractivity contribution in [1.29, 1.82) is 0 Å². The average Bonchev–Trinajstić information content (AvgIpc) is 2.01. The molecule has 14 heavy (non-hydrogen) atoms. The molecule has 0 saturated heterocycles. The van der Waals surface area contributed by atoms with Gasteiger partial charge in [-0.25, -0.2) is 4.79 Å². The fourth-order valence-electron chi connectivity index (χ4n) is 0.954. The summed E-state index contributed by atoms with van der Waals surface area (Å²) in [5.41, 5.74) is 4.16. The van der Waals surface area contributed by atoms with Crippen LogP contribution in [-0.4, -0.2) is 27.1 Å². The number of aromatic amines is 2. The summed E-state index contributed by atoms with van der Waals surface area (Å²) in [6.45, 7) is 0. The molecule has 0 aliphatic heterocycles. The van der Waals surface area contributed by atoms with E-state index in [4.69, 9.17) is 10.8 Å². The Hall–Kier alpha value is -1.89. The summed E-state index contributed by atoms with van der Waals surface area (Å²) in [6.07, 6.45) is -0.0888. The third kappa shape index (κ3) is 2.56. The lowest BCUT2D eigenvalue weighted by Crippen LogP contribution is -2.34. The third-order valence-electron chi connectivity index (χ3n) is 1.57. The van der Waals surface area contributed by atoms with E-state index in [1.54, 1.807) is 0 Å². The van der Waals surface area contributed by atoms with Crippen molar-refractivity contribution in [2.24, 2.45) is 5.73 Å². The van der Waals surface area contributed by atoms with E-state index >= 15 is 0 Å².